The number of benzene rings is 1. The Morgan fingerprint density at radius 3 is 2.76 bits per heavy atom. The van der Waals surface area contributed by atoms with Gasteiger partial charge in [0.1, 0.15) is 6.54 Å². The van der Waals surface area contributed by atoms with Gasteiger partial charge in [-0.25, -0.2) is 0 Å². The molecule has 2 heterocycles. The molecule has 3 N–H and O–H groups in total. The van der Waals surface area contributed by atoms with E-state index in [2.05, 4.69) is 20.7 Å². The molecule has 0 bridgehead atoms. The lowest BCUT2D eigenvalue weighted by Gasteiger charge is -2.11. The van der Waals surface area contributed by atoms with E-state index >= 15 is 0 Å². The molecule has 0 aliphatic heterocycles. The third kappa shape index (κ3) is 4.06. The van der Waals surface area contributed by atoms with E-state index in [1.54, 1.807) is 19.2 Å². The molecule has 0 atom stereocenters. The monoisotopic (exact) mass is 393 g/mol. The van der Waals surface area contributed by atoms with Gasteiger partial charge in [0.05, 0.1) is 17.4 Å². The predicted octanol–water partition coefficient (Wildman–Crippen LogP) is 2.55. The van der Waals surface area contributed by atoms with Crippen LogP contribution < -0.4 is 10.6 Å². The number of anilines is 1. The number of rotatable bonds is 6. The molecule has 1 aliphatic carbocycles. The first-order valence-corrected chi connectivity index (χ1v) is 9.76. The summed E-state index contributed by atoms with van der Waals surface area (Å²) in [6, 6.07) is 7.60. The molecule has 0 radical (unpaired) electrons. The molecule has 0 saturated heterocycles. The highest BCUT2D eigenvalue weighted by Gasteiger charge is 2.23. The number of aryl methyl sites for hydroxylation is 1. The molecule has 8 heteroatoms. The number of ketones is 1. The summed E-state index contributed by atoms with van der Waals surface area (Å²) >= 11 is 0. The summed E-state index contributed by atoms with van der Waals surface area (Å²) in [7, 11) is 0. The Balaban J connectivity index is 1.40. The van der Waals surface area contributed by atoms with Crippen molar-refractivity contribution in [3.05, 3.63) is 47.9 Å². The highest BCUT2D eigenvalue weighted by molar-refractivity contribution is 6.48. The first-order chi connectivity index (χ1) is 14.0. The molecule has 8 nitrogen and oxygen atoms in total. The molecule has 0 unspecified atom stereocenters. The average molecular weight is 393 g/mol. The molecular formula is C21H23N5O3. The van der Waals surface area contributed by atoms with Crippen LogP contribution in [0.5, 0.6) is 0 Å². The Labute approximate surface area is 167 Å². The molecule has 2 aromatic heterocycles. The topological polar surface area (TPSA) is 109 Å². The van der Waals surface area contributed by atoms with Gasteiger partial charge in [-0.2, -0.15) is 5.10 Å². The molecule has 3 aromatic rings. The second-order valence-corrected chi connectivity index (χ2v) is 7.43. The van der Waals surface area contributed by atoms with Crippen molar-refractivity contribution in [3.63, 3.8) is 0 Å². The lowest BCUT2D eigenvalue weighted by atomic mass is 10.1. The van der Waals surface area contributed by atoms with Crippen molar-refractivity contribution in [2.24, 2.45) is 0 Å². The number of nitrogens with one attached hydrogen (secondary N) is 3. The van der Waals surface area contributed by atoms with Gasteiger partial charge in [0.25, 0.3) is 11.7 Å². The third-order valence-electron chi connectivity index (χ3n) is 5.24. The van der Waals surface area contributed by atoms with Crippen molar-refractivity contribution in [2.45, 2.75) is 45.2 Å². The van der Waals surface area contributed by atoms with Crippen molar-refractivity contribution in [2.75, 3.05) is 5.32 Å². The van der Waals surface area contributed by atoms with Gasteiger partial charge in [-0.3, -0.25) is 19.1 Å². The number of hydrogen-bond donors (Lipinski definition) is 3. The van der Waals surface area contributed by atoms with Crippen LogP contribution in [0.1, 0.15) is 41.7 Å². The zero-order valence-electron chi connectivity index (χ0n) is 16.2. The molecule has 1 aliphatic rings. The Bertz CT molecular complexity index is 1080. The van der Waals surface area contributed by atoms with E-state index < -0.39 is 11.7 Å². The Morgan fingerprint density at radius 2 is 1.97 bits per heavy atom. The van der Waals surface area contributed by atoms with E-state index in [4.69, 9.17) is 0 Å². The number of aromatic nitrogens is 3. The summed E-state index contributed by atoms with van der Waals surface area (Å²) < 4.78 is 1.45. The summed E-state index contributed by atoms with van der Waals surface area (Å²) in [5, 5.41) is 10.4. The van der Waals surface area contributed by atoms with Gasteiger partial charge in [0, 0.05) is 28.8 Å². The molecule has 0 spiro atoms. The SMILES string of the molecule is Cc1[nH]c2ccccc2c1C(=O)C(=O)Nc1cnn(CC(=O)NC2CCCC2)c1. The highest BCUT2D eigenvalue weighted by atomic mass is 16.2. The molecule has 1 fully saturated rings. The maximum Gasteiger partial charge on any atom is 0.296 e. The van der Waals surface area contributed by atoms with Gasteiger partial charge in [0.2, 0.25) is 5.91 Å². The number of H-pyrrole nitrogens is 1. The number of hydrogen-bond acceptors (Lipinski definition) is 4. The second kappa shape index (κ2) is 7.90. The molecular weight excluding hydrogens is 370 g/mol. The van der Waals surface area contributed by atoms with E-state index in [-0.39, 0.29) is 18.5 Å². The standard InChI is InChI=1S/C21H23N5O3/c1-13-19(16-8-4-5-9-17(16)23-13)20(28)21(29)25-15-10-22-26(11-15)12-18(27)24-14-6-2-3-7-14/h4-5,8-11,14,23H,2-3,6-7,12H2,1H3,(H,24,27)(H,25,29). The summed E-state index contributed by atoms with van der Waals surface area (Å²) in [5.41, 5.74) is 2.18. The van der Waals surface area contributed by atoms with Crippen LogP contribution in [0.3, 0.4) is 0 Å². The van der Waals surface area contributed by atoms with Crippen LogP contribution in [0.15, 0.2) is 36.7 Å². The summed E-state index contributed by atoms with van der Waals surface area (Å²) in [6.45, 7) is 1.84. The molecule has 2 amide bonds. The summed E-state index contributed by atoms with van der Waals surface area (Å²) in [4.78, 5) is 40.4. The zero-order chi connectivity index (χ0) is 20.4. The van der Waals surface area contributed by atoms with Gasteiger partial charge < -0.3 is 15.6 Å². The number of fused-ring (bicyclic) bond motifs is 1. The minimum absolute atomic E-state index is 0.0713. The maximum absolute atomic E-state index is 12.7. The van der Waals surface area contributed by atoms with E-state index in [1.807, 2.05) is 18.2 Å². The highest BCUT2D eigenvalue weighted by Crippen LogP contribution is 2.23. The van der Waals surface area contributed by atoms with E-state index in [0.29, 0.717) is 22.3 Å². The minimum atomic E-state index is -0.743. The summed E-state index contributed by atoms with van der Waals surface area (Å²) in [6.07, 6.45) is 7.29. The lowest BCUT2D eigenvalue weighted by molar-refractivity contribution is -0.122. The van der Waals surface area contributed by atoms with E-state index in [0.717, 1.165) is 31.2 Å². The van der Waals surface area contributed by atoms with Crippen LogP contribution in [0.25, 0.3) is 10.9 Å². The van der Waals surface area contributed by atoms with Gasteiger partial charge in [-0.05, 0) is 25.8 Å². The normalized spacial score (nSPS) is 14.2. The summed E-state index contributed by atoms with van der Waals surface area (Å²) in [5.74, 6) is -1.47. The van der Waals surface area contributed by atoms with Crippen molar-refractivity contribution >= 4 is 34.2 Å². The molecule has 150 valence electrons. The molecule has 4 rings (SSSR count). The number of amides is 2. The fourth-order valence-corrected chi connectivity index (χ4v) is 3.88. The number of carbonyl (C=O) groups is 3. The second-order valence-electron chi connectivity index (χ2n) is 7.43. The van der Waals surface area contributed by atoms with Crippen molar-refractivity contribution in [1.29, 1.82) is 0 Å². The largest absolute Gasteiger partial charge is 0.358 e. The fourth-order valence-electron chi connectivity index (χ4n) is 3.88. The average Bonchev–Trinajstić information content (AvgIpc) is 3.41. The van der Waals surface area contributed by atoms with Crippen LogP contribution in [-0.2, 0) is 16.1 Å². The molecule has 1 saturated carbocycles. The van der Waals surface area contributed by atoms with Crippen LogP contribution in [-0.4, -0.2) is 38.4 Å². The van der Waals surface area contributed by atoms with Crippen LogP contribution in [0, 0.1) is 6.92 Å². The minimum Gasteiger partial charge on any atom is -0.358 e. The predicted molar refractivity (Wildman–Crippen MR) is 109 cm³/mol. The van der Waals surface area contributed by atoms with Gasteiger partial charge in [-0.15, -0.1) is 0 Å². The first kappa shape index (κ1) is 18.9. The fraction of sp³-hybridized carbons (Fsp3) is 0.333. The smallest absolute Gasteiger partial charge is 0.296 e. The number of carbonyl (C=O) groups excluding carboxylic acids is 3. The van der Waals surface area contributed by atoms with Crippen molar-refractivity contribution < 1.29 is 14.4 Å². The van der Waals surface area contributed by atoms with Crippen LogP contribution in [0.4, 0.5) is 5.69 Å². The lowest BCUT2D eigenvalue weighted by Crippen LogP contribution is -2.35. The van der Waals surface area contributed by atoms with E-state index in [1.165, 1.54) is 10.9 Å². The van der Waals surface area contributed by atoms with Gasteiger partial charge >= 0.3 is 0 Å². The molecule has 1 aromatic carbocycles. The quantitative estimate of drug-likeness (QED) is 0.442. The van der Waals surface area contributed by atoms with Crippen molar-refractivity contribution in [1.82, 2.24) is 20.1 Å². The first-order valence-electron chi connectivity index (χ1n) is 9.76. The van der Waals surface area contributed by atoms with Crippen LogP contribution >= 0.6 is 0 Å². The number of nitrogens with zero attached hydrogens (tertiary/aromatic N) is 2. The maximum atomic E-state index is 12.7. The van der Waals surface area contributed by atoms with Crippen molar-refractivity contribution in [3.8, 4) is 0 Å². The molecule has 29 heavy (non-hydrogen) atoms. The number of aromatic amines is 1. The van der Waals surface area contributed by atoms with Gasteiger partial charge in [-0.1, -0.05) is 31.0 Å². The van der Waals surface area contributed by atoms with Crippen LogP contribution in [0.2, 0.25) is 0 Å². The Morgan fingerprint density at radius 1 is 1.21 bits per heavy atom. The Kier molecular flexibility index (Phi) is 5.16. The zero-order valence-corrected chi connectivity index (χ0v) is 16.2. The Hall–Kier alpha value is -3.42. The number of para-hydroxylation sites is 1. The number of Topliss-reactive ketones (excluding diaryl/α,β-unsaturated/α-hetero) is 1. The van der Waals surface area contributed by atoms with Gasteiger partial charge in [0.15, 0.2) is 0 Å². The van der Waals surface area contributed by atoms with E-state index in [9.17, 15) is 14.4 Å². The third-order valence-corrected chi connectivity index (χ3v) is 5.24.